The number of anilines is 2. The summed E-state index contributed by atoms with van der Waals surface area (Å²) in [4.78, 5) is 42.5. The van der Waals surface area contributed by atoms with Crippen LogP contribution in [-0.4, -0.2) is 35.9 Å². The van der Waals surface area contributed by atoms with E-state index in [2.05, 4.69) is 30.9 Å². The standard InChI is InChI=1S/C28H31ClN2O4/c1-5-30(6-2)18-9-7-17(8-10-18)20-14-25(33)31(19-11-12-22(29)21(13-19)27(34)35)23-15-28(3,4)16-24(32)26(20)23/h7-13,20H,5-6,14-16H2,1-4H3,(H,34,35). The van der Waals surface area contributed by atoms with E-state index in [0.717, 1.165) is 24.3 Å². The Morgan fingerprint density at radius 1 is 1.09 bits per heavy atom. The molecule has 6 nitrogen and oxygen atoms in total. The molecule has 1 N–H and O–H groups in total. The summed E-state index contributed by atoms with van der Waals surface area (Å²) < 4.78 is 0. The summed E-state index contributed by atoms with van der Waals surface area (Å²) in [5.41, 5.74) is 3.41. The minimum Gasteiger partial charge on any atom is -0.478 e. The number of ketones is 1. The SMILES string of the molecule is CCN(CC)c1ccc(C2CC(=O)N(c3ccc(Cl)c(C(=O)O)c3)C3=C2C(=O)CC(C)(C)C3)cc1. The van der Waals surface area contributed by atoms with E-state index in [1.54, 1.807) is 6.07 Å². The third-order valence-electron chi connectivity index (χ3n) is 7.01. The molecule has 1 aliphatic carbocycles. The second-order valence-electron chi connectivity index (χ2n) is 10.0. The van der Waals surface area contributed by atoms with Crippen LogP contribution in [-0.2, 0) is 9.59 Å². The molecule has 0 spiro atoms. The van der Waals surface area contributed by atoms with Gasteiger partial charge in [-0.15, -0.1) is 0 Å². The van der Waals surface area contributed by atoms with E-state index in [9.17, 15) is 19.5 Å². The van der Waals surface area contributed by atoms with Crippen molar-refractivity contribution in [1.82, 2.24) is 0 Å². The third kappa shape index (κ3) is 4.72. The first-order valence-corrected chi connectivity index (χ1v) is 12.4. The summed E-state index contributed by atoms with van der Waals surface area (Å²) in [6.45, 7) is 10.1. The molecule has 0 fully saturated rings. The second-order valence-corrected chi connectivity index (χ2v) is 10.4. The van der Waals surface area contributed by atoms with Crippen molar-refractivity contribution in [3.63, 3.8) is 0 Å². The van der Waals surface area contributed by atoms with Gasteiger partial charge in [0.25, 0.3) is 0 Å². The molecule has 7 heteroatoms. The molecule has 0 aromatic heterocycles. The highest BCUT2D eigenvalue weighted by atomic mass is 35.5. The average molecular weight is 495 g/mol. The van der Waals surface area contributed by atoms with Gasteiger partial charge in [0.2, 0.25) is 5.91 Å². The van der Waals surface area contributed by atoms with Crippen LogP contribution in [0.25, 0.3) is 0 Å². The fourth-order valence-corrected chi connectivity index (χ4v) is 5.52. The Kier molecular flexibility index (Phi) is 6.78. The third-order valence-corrected chi connectivity index (χ3v) is 7.34. The number of hydrogen-bond donors (Lipinski definition) is 1. The first kappa shape index (κ1) is 25.0. The van der Waals surface area contributed by atoms with Gasteiger partial charge in [-0.2, -0.15) is 0 Å². The lowest BCUT2D eigenvalue weighted by molar-refractivity contribution is -0.121. The number of aromatic carboxylic acids is 1. The zero-order valence-corrected chi connectivity index (χ0v) is 21.4. The first-order valence-electron chi connectivity index (χ1n) is 12.0. The van der Waals surface area contributed by atoms with Gasteiger partial charge in [-0.25, -0.2) is 4.79 Å². The van der Waals surface area contributed by atoms with E-state index in [1.807, 2.05) is 26.0 Å². The number of carboxylic acid groups (broad SMARTS) is 1. The van der Waals surface area contributed by atoms with Crippen molar-refractivity contribution in [3.8, 4) is 0 Å². The molecule has 1 amide bonds. The van der Waals surface area contributed by atoms with E-state index in [-0.39, 0.29) is 40.0 Å². The van der Waals surface area contributed by atoms with Crippen molar-refractivity contribution in [1.29, 1.82) is 0 Å². The van der Waals surface area contributed by atoms with Gasteiger partial charge in [0, 0.05) is 54.5 Å². The predicted octanol–water partition coefficient (Wildman–Crippen LogP) is 6.05. The van der Waals surface area contributed by atoms with Crippen LogP contribution in [0.2, 0.25) is 5.02 Å². The summed E-state index contributed by atoms with van der Waals surface area (Å²) in [5, 5.41) is 9.65. The van der Waals surface area contributed by atoms with E-state index in [0.29, 0.717) is 29.8 Å². The monoisotopic (exact) mass is 494 g/mol. The van der Waals surface area contributed by atoms with E-state index < -0.39 is 5.97 Å². The first-order chi connectivity index (χ1) is 16.6. The Bertz CT molecular complexity index is 1210. The van der Waals surface area contributed by atoms with Crippen molar-refractivity contribution < 1.29 is 19.5 Å². The van der Waals surface area contributed by atoms with Crippen LogP contribution in [0.4, 0.5) is 11.4 Å². The van der Waals surface area contributed by atoms with Gasteiger partial charge < -0.3 is 10.0 Å². The molecule has 184 valence electrons. The smallest absolute Gasteiger partial charge is 0.337 e. The quantitative estimate of drug-likeness (QED) is 0.529. The molecule has 1 unspecified atom stereocenters. The Labute approximate surface area is 211 Å². The number of carboxylic acids is 1. The van der Waals surface area contributed by atoms with Gasteiger partial charge in [0.15, 0.2) is 5.78 Å². The number of Topliss-reactive ketones (excluding diaryl/α,β-unsaturated/α-hetero) is 1. The number of carbonyl (C=O) groups is 3. The normalized spacial score (nSPS) is 19.6. The highest BCUT2D eigenvalue weighted by Crippen LogP contribution is 2.48. The van der Waals surface area contributed by atoms with Crippen molar-refractivity contribution in [3.05, 3.63) is 69.9 Å². The van der Waals surface area contributed by atoms with E-state index in [1.165, 1.54) is 17.0 Å². The van der Waals surface area contributed by atoms with Gasteiger partial charge in [0.05, 0.1) is 10.6 Å². The maximum atomic E-state index is 13.6. The van der Waals surface area contributed by atoms with Crippen molar-refractivity contribution in [2.75, 3.05) is 22.9 Å². The van der Waals surface area contributed by atoms with Gasteiger partial charge in [-0.05, 0) is 61.6 Å². The summed E-state index contributed by atoms with van der Waals surface area (Å²) in [6, 6.07) is 12.7. The fourth-order valence-electron chi connectivity index (χ4n) is 5.32. The molecular formula is C28H31ClN2O4. The molecule has 0 saturated heterocycles. The summed E-state index contributed by atoms with van der Waals surface area (Å²) in [6.07, 6.45) is 1.09. The zero-order chi connectivity index (χ0) is 25.5. The molecule has 1 aliphatic heterocycles. The molecule has 35 heavy (non-hydrogen) atoms. The van der Waals surface area contributed by atoms with Crippen molar-refractivity contribution >= 4 is 40.6 Å². The number of rotatable bonds is 6. The fraction of sp³-hybridized carbons (Fsp3) is 0.393. The Balaban J connectivity index is 1.83. The van der Waals surface area contributed by atoms with Crippen molar-refractivity contribution in [2.24, 2.45) is 5.41 Å². The molecular weight excluding hydrogens is 464 g/mol. The largest absolute Gasteiger partial charge is 0.478 e. The molecule has 0 saturated carbocycles. The highest BCUT2D eigenvalue weighted by molar-refractivity contribution is 6.33. The number of halogens is 1. The van der Waals surface area contributed by atoms with Crippen molar-refractivity contribution in [2.45, 2.75) is 52.9 Å². The van der Waals surface area contributed by atoms with E-state index >= 15 is 0 Å². The van der Waals surface area contributed by atoms with E-state index in [4.69, 9.17) is 11.6 Å². The minimum absolute atomic E-state index is 0.0407. The highest BCUT2D eigenvalue weighted by Gasteiger charge is 2.44. The number of carbonyl (C=O) groups excluding carboxylic acids is 2. The number of benzene rings is 2. The lowest BCUT2D eigenvalue weighted by atomic mass is 9.69. The lowest BCUT2D eigenvalue weighted by Crippen LogP contribution is -2.43. The zero-order valence-electron chi connectivity index (χ0n) is 20.6. The number of amides is 1. The molecule has 2 aromatic carbocycles. The van der Waals surface area contributed by atoms with Gasteiger partial charge in [-0.1, -0.05) is 37.6 Å². The predicted molar refractivity (Wildman–Crippen MR) is 138 cm³/mol. The Hall–Kier alpha value is -3.12. The van der Waals surface area contributed by atoms with Crippen LogP contribution < -0.4 is 9.80 Å². The molecule has 2 aliphatic rings. The average Bonchev–Trinajstić information content (AvgIpc) is 2.79. The maximum absolute atomic E-state index is 13.6. The maximum Gasteiger partial charge on any atom is 0.337 e. The second kappa shape index (κ2) is 9.50. The van der Waals surface area contributed by atoms with Crippen LogP contribution >= 0.6 is 11.6 Å². The topological polar surface area (TPSA) is 77.9 Å². The Morgan fingerprint density at radius 3 is 2.34 bits per heavy atom. The summed E-state index contributed by atoms with van der Waals surface area (Å²) in [7, 11) is 0. The van der Waals surface area contributed by atoms with Gasteiger partial charge >= 0.3 is 5.97 Å². The lowest BCUT2D eigenvalue weighted by Gasteiger charge is -2.43. The molecule has 0 radical (unpaired) electrons. The summed E-state index contributed by atoms with van der Waals surface area (Å²) >= 11 is 6.08. The number of hydrogen-bond acceptors (Lipinski definition) is 4. The molecule has 1 heterocycles. The van der Waals surface area contributed by atoms with Crippen LogP contribution in [0, 0.1) is 5.41 Å². The van der Waals surface area contributed by atoms with Crippen LogP contribution in [0.15, 0.2) is 53.7 Å². The summed E-state index contributed by atoms with van der Waals surface area (Å²) in [5.74, 6) is -1.61. The molecule has 1 atom stereocenters. The van der Waals surface area contributed by atoms with Gasteiger partial charge in [-0.3, -0.25) is 14.5 Å². The van der Waals surface area contributed by atoms with Crippen LogP contribution in [0.5, 0.6) is 0 Å². The van der Waals surface area contributed by atoms with Crippen LogP contribution in [0.3, 0.4) is 0 Å². The molecule has 0 bridgehead atoms. The van der Waals surface area contributed by atoms with Gasteiger partial charge in [0.1, 0.15) is 0 Å². The molecule has 4 rings (SSSR count). The number of nitrogens with zero attached hydrogens (tertiary/aromatic N) is 2. The van der Waals surface area contributed by atoms with Crippen LogP contribution in [0.1, 0.15) is 68.8 Å². The molecule has 2 aromatic rings. The minimum atomic E-state index is -1.17. The number of allylic oxidation sites excluding steroid dienone is 2. The Morgan fingerprint density at radius 2 is 1.74 bits per heavy atom.